The van der Waals surface area contributed by atoms with Crippen LogP contribution in [0, 0.1) is 0 Å². The van der Waals surface area contributed by atoms with Crippen LogP contribution in [-0.4, -0.2) is 31.2 Å². The summed E-state index contributed by atoms with van der Waals surface area (Å²) in [5, 5.41) is 16.9. The fraction of sp³-hybridized carbons (Fsp3) is 0.308. The van der Waals surface area contributed by atoms with Crippen molar-refractivity contribution < 1.29 is 14.6 Å². The molecule has 0 aromatic carbocycles. The lowest BCUT2D eigenvalue weighted by atomic mass is 10.2. The maximum atomic E-state index is 11.0. The molecule has 2 rings (SSSR count). The molecule has 20 heavy (non-hydrogen) atoms. The van der Waals surface area contributed by atoms with Crippen LogP contribution in [0.25, 0.3) is 0 Å². The van der Waals surface area contributed by atoms with E-state index >= 15 is 0 Å². The molecular weight excluding hydrogens is 260 g/mol. The van der Waals surface area contributed by atoms with Gasteiger partial charge >= 0.3 is 12.0 Å². The van der Waals surface area contributed by atoms with E-state index < -0.39 is 5.97 Å². The second-order valence-corrected chi connectivity index (χ2v) is 3.95. The van der Waals surface area contributed by atoms with Gasteiger partial charge in [-0.1, -0.05) is 18.9 Å². The van der Waals surface area contributed by atoms with Crippen molar-refractivity contribution in [1.29, 1.82) is 0 Å². The fourth-order valence-electron chi connectivity index (χ4n) is 1.70. The molecule has 7 heteroatoms. The van der Waals surface area contributed by atoms with Gasteiger partial charge in [0, 0.05) is 6.20 Å². The van der Waals surface area contributed by atoms with Crippen molar-refractivity contribution in [2.75, 3.05) is 0 Å². The number of aryl methyl sites for hydroxylation is 2. The number of ether oxygens (including phenoxy) is 1. The third-order valence-electron chi connectivity index (χ3n) is 2.66. The van der Waals surface area contributed by atoms with Gasteiger partial charge in [-0.2, -0.15) is 4.98 Å². The molecule has 0 amide bonds. The van der Waals surface area contributed by atoms with Gasteiger partial charge in [-0.15, -0.1) is 5.10 Å². The van der Waals surface area contributed by atoms with E-state index in [4.69, 9.17) is 9.84 Å². The topological polar surface area (TPSA) is 98.1 Å². The van der Waals surface area contributed by atoms with Crippen molar-refractivity contribution in [2.24, 2.45) is 0 Å². The van der Waals surface area contributed by atoms with E-state index in [9.17, 15) is 4.79 Å². The van der Waals surface area contributed by atoms with E-state index in [0.717, 1.165) is 17.8 Å². The Kier molecular flexibility index (Phi) is 4.19. The molecule has 0 spiro atoms. The highest BCUT2D eigenvalue weighted by molar-refractivity contribution is 5.88. The van der Waals surface area contributed by atoms with Gasteiger partial charge in [-0.3, -0.25) is 0 Å². The average molecular weight is 274 g/mol. The molecule has 0 bridgehead atoms. The van der Waals surface area contributed by atoms with Crippen molar-refractivity contribution >= 4 is 5.97 Å². The predicted molar refractivity (Wildman–Crippen MR) is 69.9 cm³/mol. The highest BCUT2D eigenvalue weighted by Crippen LogP contribution is 2.21. The number of aromatic carboxylic acids is 1. The van der Waals surface area contributed by atoms with Gasteiger partial charge in [0.1, 0.15) is 0 Å². The van der Waals surface area contributed by atoms with E-state index in [1.54, 1.807) is 6.07 Å². The van der Waals surface area contributed by atoms with Crippen LogP contribution >= 0.6 is 0 Å². The van der Waals surface area contributed by atoms with Gasteiger partial charge < -0.3 is 9.84 Å². The minimum atomic E-state index is -1.17. The molecule has 0 atom stereocenters. The lowest BCUT2D eigenvalue weighted by Crippen LogP contribution is -2.07. The molecule has 2 aromatic heterocycles. The molecule has 0 unspecified atom stereocenters. The number of carboxylic acids is 1. The van der Waals surface area contributed by atoms with Gasteiger partial charge in [-0.05, 0) is 25.0 Å². The second kappa shape index (κ2) is 6.05. The quantitative estimate of drug-likeness (QED) is 0.888. The minimum Gasteiger partial charge on any atom is -0.476 e. The van der Waals surface area contributed by atoms with Crippen molar-refractivity contribution in [3.05, 3.63) is 35.4 Å². The zero-order chi connectivity index (χ0) is 14.5. The molecule has 1 N–H and O–H groups in total. The summed E-state index contributed by atoms with van der Waals surface area (Å²) in [5.74, 6) is -1.08. The third kappa shape index (κ3) is 2.87. The first-order valence-corrected chi connectivity index (χ1v) is 6.24. The zero-order valence-electron chi connectivity index (χ0n) is 11.2. The van der Waals surface area contributed by atoms with Gasteiger partial charge in [0.2, 0.25) is 0 Å². The summed E-state index contributed by atoms with van der Waals surface area (Å²) in [5.41, 5.74) is 1.41. The van der Waals surface area contributed by atoms with Crippen LogP contribution in [-0.2, 0) is 12.8 Å². The Morgan fingerprint density at radius 1 is 1.25 bits per heavy atom. The molecule has 0 aliphatic carbocycles. The van der Waals surface area contributed by atoms with Crippen LogP contribution in [0.4, 0.5) is 0 Å². The molecule has 2 heterocycles. The third-order valence-corrected chi connectivity index (χ3v) is 2.66. The first kappa shape index (κ1) is 13.9. The zero-order valence-corrected chi connectivity index (χ0v) is 11.2. The van der Waals surface area contributed by atoms with Crippen LogP contribution in [0.2, 0.25) is 0 Å². The molecule has 0 radical (unpaired) electrons. The number of aromatic nitrogens is 4. The lowest BCUT2D eigenvalue weighted by molar-refractivity contribution is 0.0687. The molecule has 7 nitrogen and oxygen atoms in total. The van der Waals surface area contributed by atoms with Crippen LogP contribution in [0.1, 0.15) is 35.7 Å². The first-order valence-electron chi connectivity index (χ1n) is 6.24. The van der Waals surface area contributed by atoms with E-state index in [1.165, 1.54) is 12.3 Å². The normalized spacial score (nSPS) is 10.3. The van der Waals surface area contributed by atoms with Gasteiger partial charge in [-0.25, -0.2) is 9.78 Å². The molecule has 0 aliphatic heterocycles. The fourth-order valence-corrected chi connectivity index (χ4v) is 1.70. The number of carbonyl (C=O) groups is 1. The molecule has 2 aromatic rings. The van der Waals surface area contributed by atoms with Crippen LogP contribution < -0.4 is 4.74 Å². The average Bonchev–Trinajstić information content (AvgIpc) is 2.47. The molecule has 0 saturated heterocycles. The van der Waals surface area contributed by atoms with Crippen LogP contribution in [0.3, 0.4) is 0 Å². The predicted octanol–water partition coefficient (Wildman–Crippen LogP) is 1.88. The standard InChI is InChI=1S/C13H14N4O3/c1-3-8-9(4-2)16-17-13(15-8)20-10-6-5-7-14-11(10)12(18)19/h5-7H,3-4H2,1-2H3,(H,18,19). The minimum absolute atomic E-state index is 0.0227. The largest absolute Gasteiger partial charge is 0.476 e. The molecule has 104 valence electrons. The highest BCUT2D eigenvalue weighted by Gasteiger charge is 2.15. The molecule has 0 aliphatic rings. The summed E-state index contributed by atoms with van der Waals surface area (Å²) in [6, 6.07) is 3.10. The van der Waals surface area contributed by atoms with Gasteiger partial charge in [0.25, 0.3) is 0 Å². The highest BCUT2D eigenvalue weighted by atomic mass is 16.5. The summed E-state index contributed by atoms with van der Waals surface area (Å²) in [6.07, 6.45) is 2.82. The monoisotopic (exact) mass is 274 g/mol. The molecule has 0 saturated carbocycles. The number of hydrogen-bond acceptors (Lipinski definition) is 6. The maximum Gasteiger partial charge on any atom is 0.358 e. The Hall–Kier alpha value is -2.57. The Bertz CT molecular complexity index is 631. The van der Waals surface area contributed by atoms with E-state index in [-0.39, 0.29) is 17.5 Å². The van der Waals surface area contributed by atoms with Crippen molar-refractivity contribution in [1.82, 2.24) is 20.2 Å². The van der Waals surface area contributed by atoms with E-state index in [2.05, 4.69) is 20.2 Å². The van der Waals surface area contributed by atoms with E-state index in [0.29, 0.717) is 6.42 Å². The smallest absolute Gasteiger partial charge is 0.358 e. The summed E-state index contributed by atoms with van der Waals surface area (Å²) in [6.45, 7) is 3.93. The lowest BCUT2D eigenvalue weighted by Gasteiger charge is -2.08. The van der Waals surface area contributed by atoms with Gasteiger partial charge in [0.15, 0.2) is 11.4 Å². The summed E-state index contributed by atoms with van der Waals surface area (Å²) >= 11 is 0. The van der Waals surface area contributed by atoms with Crippen molar-refractivity contribution in [2.45, 2.75) is 26.7 Å². The number of carboxylic acid groups (broad SMARTS) is 1. The van der Waals surface area contributed by atoms with Gasteiger partial charge in [0.05, 0.1) is 11.4 Å². The number of pyridine rings is 1. The Morgan fingerprint density at radius 2 is 2.00 bits per heavy atom. The summed E-state index contributed by atoms with van der Waals surface area (Å²) < 4.78 is 5.38. The van der Waals surface area contributed by atoms with Crippen LogP contribution in [0.15, 0.2) is 18.3 Å². The van der Waals surface area contributed by atoms with Crippen molar-refractivity contribution in [3.8, 4) is 11.8 Å². The van der Waals surface area contributed by atoms with E-state index in [1.807, 2.05) is 13.8 Å². The van der Waals surface area contributed by atoms with Crippen LogP contribution in [0.5, 0.6) is 11.8 Å². The first-order chi connectivity index (χ1) is 9.65. The number of hydrogen-bond donors (Lipinski definition) is 1. The van der Waals surface area contributed by atoms with Crippen molar-refractivity contribution in [3.63, 3.8) is 0 Å². The second-order valence-electron chi connectivity index (χ2n) is 3.95. The summed E-state index contributed by atoms with van der Waals surface area (Å²) in [4.78, 5) is 19.0. The summed E-state index contributed by atoms with van der Waals surface area (Å²) in [7, 11) is 0. The Labute approximate surface area is 115 Å². The number of nitrogens with zero attached hydrogens (tertiary/aromatic N) is 4. The molecule has 0 fully saturated rings. The Morgan fingerprint density at radius 3 is 2.65 bits per heavy atom. The maximum absolute atomic E-state index is 11.0. The number of rotatable bonds is 5. The molecular formula is C13H14N4O3. The SMILES string of the molecule is CCc1nnc(Oc2cccnc2C(=O)O)nc1CC. The Balaban J connectivity index is 2.33.